The minimum Gasteiger partial charge on any atom is -0.398 e. The molecule has 1 aromatic carbocycles. The number of nitrogens with one attached hydrogen (secondary N) is 1. The highest BCUT2D eigenvalue weighted by atomic mass is 16.2. The van der Waals surface area contributed by atoms with Crippen molar-refractivity contribution >= 4 is 37.5 Å². The molecular weight excluding hydrogens is 285 g/mol. The second kappa shape index (κ2) is 5.63. The van der Waals surface area contributed by atoms with E-state index >= 15 is 0 Å². The van der Waals surface area contributed by atoms with E-state index in [1.807, 2.05) is 0 Å². The van der Waals surface area contributed by atoms with E-state index in [4.69, 9.17) is 5.73 Å². The molecule has 0 spiro atoms. The number of carbonyl (C=O) groups excluding carboxylic acids is 4. The summed E-state index contributed by atoms with van der Waals surface area (Å²) in [6.45, 7) is 0. The third kappa shape index (κ3) is 2.16. The molecule has 1 aliphatic heterocycles. The molecule has 3 amide bonds. The molecule has 114 valence electrons. The van der Waals surface area contributed by atoms with Crippen molar-refractivity contribution in [3.63, 3.8) is 0 Å². The molecule has 1 aromatic rings. The first-order valence-electron chi connectivity index (χ1n) is 6.81. The molecule has 0 fully saturated rings. The van der Waals surface area contributed by atoms with Gasteiger partial charge in [0.15, 0.2) is 0 Å². The van der Waals surface area contributed by atoms with E-state index < -0.39 is 23.2 Å². The number of likely N-dealkylation sites (N-methyl/N-ethyl adjacent to an activating group) is 1. The highest BCUT2D eigenvalue weighted by molar-refractivity contribution is 6.36. The Morgan fingerprint density at radius 1 is 1.41 bits per heavy atom. The molecule has 1 heterocycles. The van der Waals surface area contributed by atoms with E-state index in [0.29, 0.717) is 6.29 Å². The van der Waals surface area contributed by atoms with Gasteiger partial charge < -0.3 is 15.8 Å². The molecule has 0 radical (unpaired) electrons. The van der Waals surface area contributed by atoms with Gasteiger partial charge in [-0.05, 0) is 18.6 Å². The van der Waals surface area contributed by atoms with Crippen LogP contribution in [0.2, 0.25) is 0 Å². The summed E-state index contributed by atoms with van der Waals surface area (Å²) >= 11 is 0. The van der Waals surface area contributed by atoms with Crippen LogP contribution in [0.3, 0.4) is 0 Å². The van der Waals surface area contributed by atoms with Gasteiger partial charge in [0, 0.05) is 19.2 Å². The number of benzene rings is 1. The number of carbonyl (C=O) groups is 4. The van der Waals surface area contributed by atoms with Gasteiger partial charge in [-0.25, -0.2) is 0 Å². The summed E-state index contributed by atoms with van der Waals surface area (Å²) in [5.41, 5.74) is 4.80. The summed E-state index contributed by atoms with van der Waals surface area (Å²) in [5, 5.41) is 2.44. The third-order valence-electron chi connectivity index (χ3n) is 3.91. The topological polar surface area (TPSA) is 110 Å². The summed E-state index contributed by atoms with van der Waals surface area (Å²) in [5.74, 6) is -1.71. The predicted octanol–water partition coefficient (Wildman–Crippen LogP) is -1.08. The van der Waals surface area contributed by atoms with E-state index in [9.17, 15) is 19.2 Å². The second-order valence-corrected chi connectivity index (χ2v) is 5.27. The van der Waals surface area contributed by atoms with Gasteiger partial charge in [0.25, 0.3) is 11.8 Å². The number of imide groups is 1. The molecule has 8 heteroatoms. The largest absolute Gasteiger partial charge is 0.398 e. The van der Waals surface area contributed by atoms with E-state index in [1.54, 1.807) is 6.07 Å². The van der Waals surface area contributed by atoms with Crippen LogP contribution in [0, 0.1) is 0 Å². The van der Waals surface area contributed by atoms with Gasteiger partial charge in [0.05, 0.1) is 16.6 Å². The summed E-state index contributed by atoms with van der Waals surface area (Å²) in [6.07, 6.45) is 0.738. The lowest BCUT2D eigenvalue weighted by molar-refractivity contribution is -0.126. The SMILES string of the molecule is BC(CCC=O)(C(=O)NC)N1C(=O)c2cccc(N)c2C1=O. The molecule has 0 saturated heterocycles. The lowest BCUT2D eigenvalue weighted by Crippen LogP contribution is -2.61. The number of hydrogen-bond donors (Lipinski definition) is 2. The lowest BCUT2D eigenvalue weighted by atomic mass is 9.71. The van der Waals surface area contributed by atoms with Crippen LogP contribution in [0.1, 0.15) is 33.6 Å². The smallest absolute Gasteiger partial charge is 0.263 e. The predicted molar refractivity (Wildman–Crippen MR) is 82.0 cm³/mol. The van der Waals surface area contributed by atoms with E-state index in [0.717, 1.165) is 4.90 Å². The zero-order valence-electron chi connectivity index (χ0n) is 12.4. The molecule has 0 bridgehead atoms. The van der Waals surface area contributed by atoms with E-state index in [2.05, 4.69) is 5.32 Å². The van der Waals surface area contributed by atoms with Gasteiger partial charge in [0.1, 0.15) is 14.1 Å². The van der Waals surface area contributed by atoms with Crippen molar-refractivity contribution in [3.05, 3.63) is 29.3 Å². The van der Waals surface area contributed by atoms with Gasteiger partial charge in [-0.1, -0.05) is 6.07 Å². The summed E-state index contributed by atoms with van der Waals surface area (Å²) in [6, 6.07) is 4.59. The normalized spacial score (nSPS) is 16.1. The van der Waals surface area contributed by atoms with Gasteiger partial charge in [0.2, 0.25) is 5.91 Å². The Balaban J connectivity index is 2.53. The summed E-state index contributed by atoms with van der Waals surface area (Å²) in [7, 11) is 2.88. The quantitative estimate of drug-likeness (QED) is 0.311. The fourth-order valence-electron chi connectivity index (χ4n) is 2.70. The van der Waals surface area contributed by atoms with Crippen LogP contribution in [0.15, 0.2) is 18.2 Å². The maximum absolute atomic E-state index is 12.6. The van der Waals surface area contributed by atoms with Crippen LogP contribution in [-0.2, 0) is 9.59 Å². The van der Waals surface area contributed by atoms with Crippen LogP contribution in [0.4, 0.5) is 5.69 Å². The van der Waals surface area contributed by atoms with Crippen molar-refractivity contribution in [3.8, 4) is 0 Å². The zero-order chi connectivity index (χ0) is 16.5. The van der Waals surface area contributed by atoms with Gasteiger partial charge in [-0.15, -0.1) is 0 Å². The van der Waals surface area contributed by atoms with E-state index in [-0.39, 0.29) is 29.7 Å². The van der Waals surface area contributed by atoms with Crippen LogP contribution in [0.25, 0.3) is 0 Å². The Bertz CT molecular complexity index is 676. The molecule has 3 N–H and O–H groups in total. The summed E-state index contributed by atoms with van der Waals surface area (Å²) < 4.78 is 0. The minimum atomic E-state index is -1.45. The number of fused-ring (bicyclic) bond motifs is 1. The first-order chi connectivity index (χ1) is 10.4. The zero-order valence-corrected chi connectivity index (χ0v) is 12.4. The molecule has 1 unspecified atom stereocenters. The number of anilines is 1. The average Bonchev–Trinajstić information content (AvgIpc) is 2.77. The first kappa shape index (κ1) is 15.7. The van der Waals surface area contributed by atoms with Crippen LogP contribution in [0.5, 0.6) is 0 Å². The van der Waals surface area contributed by atoms with Crippen LogP contribution in [-0.4, -0.2) is 49.2 Å². The highest BCUT2D eigenvalue weighted by Crippen LogP contribution is 2.33. The summed E-state index contributed by atoms with van der Waals surface area (Å²) in [4.78, 5) is 49.0. The molecule has 22 heavy (non-hydrogen) atoms. The number of nitrogens with two attached hydrogens (primary N) is 1. The lowest BCUT2D eigenvalue weighted by Gasteiger charge is -2.35. The number of hydrogen-bond acceptors (Lipinski definition) is 5. The Hall–Kier alpha value is -2.64. The number of nitrogens with zero attached hydrogens (tertiary/aromatic N) is 1. The minimum absolute atomic E-state index is 0.0432. The van der Waals surface area contributed by atoms with Crippen molar-refractivity contribution in [1.82, 2.24) is 10.2 Å². The maximum Gasteiger partial charge on any atom is 0.263 e. The number of nitrogen functional groups attached to an aromatic ring is 1. The number of amides is 3. The van der Waals surface area contributed by atoms with Gasteiger partial charge in [-0.2, -0.15) is 0 Å². The maximum atomic E-state index is 12.6. The monoisotopic (exact) mass is 301 g/mol. The molecule has 0 aromatic heterocycles. The fraction of sp³-hybridized carbons (Fsp3) is 0.286. The van der Waals surface area contributed by atoms with E-state index in [1.165, 1.54) is 27.0 Å². The highest BCUT2D eigenvalue weighted by Gasteiger charge is 2.50. The Morgan fingerprint density at radius 3 is 2.64 bits per heavy atom. The third-order valence-corrected chi connectivity index (χ3v) is 3.91. The molecule has 0 saturated carbocycles. The molecule has 2 rings (SSSR count). The van der Waals surface area contributed by atoms with Crippen molar-refractivity contribution in [2.45, 2.75) is 18.3 Å². The number of aldehydes is 1. The molecular formula is C14H16BN3O4. The Labute approximate surface area is 128 Å². The van der Waals surface area contributed by atoms with Crippen molar-refractivity contribution in [1.29, 1.82) is 0 Å². The molecule has 1 aliphatic rings. The Morgan fingerprint density at radius 2 is 2.09 bits per heavy atom. The van der Waals surface area contributed by atoms with Crippen LogP contribution < -0.4 is 11.1 Å². The van der Waals surface area contributed by atoms with Gasteiger partial charge in [-0.3, -0.25) is 19.3 Å². The standard InChI is InChI=1S/C14H16BN3O4/c1-17-13(22)14(15,6-3-7-19)18-11(20)8-4-2-5-9(16)10(8)12(18)21/h2,4-5,7H,3,6,15-16H2,1H3,(H,17,22). The second-order valence-electron chi connectivity index (χ2n) is 5.27. The van der Waals surface area contributed by atoms with Crippen molar-refractivity contribution in [2.24, 2.45) is 0 Å². The molecule has 1 atom stereocenters. The molecule has 0 aliphatic carbocycles. The van der Waals surface area contributed by atoms with Crippen molar-refractivity contribution in [2.75, 3.05) is 12.8 Å². The Kier molecular flexibility index (Phi) is 4.03. The number of rotatable bonds is 5. The molecule has 7 nitrogen and oxygen atoms in total. The van der Waals surface area contributed by atoms with Crippen molar-refractivity contribution < 1.29 is 19.2 Å². The van der Waals surface area contributed by atoms with Crippen LogP contribution >= 0.6 is 0 Å². The van der Waals surface area contributed by atoms with Gasteiger partial charge >= 0.3 is 0 Å². The first-order valence-corrected chi connectivity index (χ1v) is 6.81. The average molecular weight is 301 g/mol. The fourth-order valence-corrected chi connectivity index (χ4v) is 2.70.